The van der Waals surface area contributed by atoms with Crippen molar-refractivity contribution in [1.82, 2.24) is 19.5 Å². The highest BCUT2D eigenvalue weighted by molar-refractivity contribution is 6.00. The largest absolute Gasteiger partial charge is 0.497 e. The third kappa shape index (κ3) is 2.56. The summed E-state index contributed by atoms with van der Waals surface area (Å²) in [6, 6.07) is 7.65. The smallest absolute Gasteiger partial charge is 0.293 e. The molecule has 7 nitrogen and oxygen atoms in total. The van der Waals surface area contributed by atoms with Crippen molar-refractivity contribution in [3.05, 3.63) is 48.7 Å². The van der Waals surface area contributed by atoms with Gasteiger partial charge in [-0.2, -0.15) is 0 Å². The molecule has 0 aliphatic carbocycles. The summed E-state index contributed by atoms with van der Waals surface area (Å²) in [7, 11) is 3.46. The van der Waals surface area contributed by atoms with Gasteiger partial charge in [-0.1, -0.05) is 12.1 Å². The maximum absolute atomic E-state index is 12.0. The first-order valence-electron chi connectivity index (χ1n) is 6.66. The Morgan fingerprint density at radius 1 is 1.36 bits per heavy atom. The van der Waals surface area contributed by atoms with Crippen LogP contribution in [0.2, 0.25) is 0 Å². The third-order valence-electron chi connectivity index (χ3n) is 3.29. The Labute approximate surface area is 127 Å². The van der Waals surface area contributed by atoms with Crippen LogP contribution in [0.1, 0.15) is 10.6 Å². The van der Waals surface area contributed by atoms with E-state index in [2.05, 4.69) is 20.3 Å². The van der Waals surface area contributed by atoms with E-state index in [1.807, 2.05) is 31.3 Å². The van der Waals surface area contributed by atoms with E-state index in [0.717, 1.165) is 17.0 Å². The predicted octanol–water partition coefficient (Wildman–Crippen LogP) is 2.07. The zero-order valence-corrected chi connectivity index (χ0v) is 12.2. The molecule has 2 N–H and O–H groups in total. The number of H-pyrrole nitrogens is 1. The topological polar surface area (TPSA) is 84.8 Å². The number of carbonyl (C=O) groups excluding carboxylic acids is 1. The van der Waals surface area contributed by atoms with Crippen LogP contribution in [0.15, 0.2) is 42.9 Å². The fourth-order valence-corrected chi connectivity index (χ4v) is 2.13. The van der Waals surface area contributed by atoms with Crippen molar-refractivity contribution in [2.75, 3.05) is 12.4 Å². The second kappa shape index (κ2) is 5.72. The summed E-state index contributed by atoms with van der Waals surface area (Å²) in [5.41, 5.74) is 1.82. The summed E-state index contributed by atoms with van der Waals surface area (Å²) >= 11 is 0. The second-order valence-electron chi connectivity index (χ2n) is 4.65. The lowest BCUT2D eigenvalue weighted by Gasteiger charge is -2.07. The predicted molar refractivity (Wildman–Crippen MR) is 81.7 cm³/mol. The molecule has 1 amide bonds. The highest BCUT2D eigenvalue weighted by Crippen LogP contribution is 2.25. The first kappa shape index (κ1) is 13.9. The Balaban J connectivity index is 1.87. The first-order valence-corrected chi connectivity index (χ1v) is 6.66. The van der Waals surface area contributed by atoms with Gasteiger partial charge in [-0.05, 0) is 12.1 Å². The molecule has 0 aliphatic rings. The molecule has 3 aromatic rings. The number of nitrogens with zero attached hydrogens (tertiary/aromatic N) is 3. The molecule has 0 saturated carbocycles. The molecule has 2 aromatic heterocycles. The molecule has 0 bridgehead atoms. The Morgan fingerprint density at radius 3 is 2.95 bits per heavy atom. The number of aromatic nitrogens is 4. The molecular weight excluding hydrogens is 282 g/mol. The van der Waals surface area contributed by atoms with Gasteiger partial charge in [0.1, 0.15) is 5.75 Å². The lowest BCUT2D eigenvalue weighted by Crippen LogP contribution is -2.16. The highest BCUT2D eigenvalue weighted by Gasteiger charge is 2.14. The van der Waals surface area contributed by atoms with E-state index in [-0.39, 0.29) is 11.7 Å². The molecule has 0 atom stereocenters. The van der Waals surface area contributed by atoms with Crippen LogP contribution in [0, 0.1) is 0 Å². The van der Waals surface area contributed by atoms with E-state index in [1.165, 1.54) is 6.20 Å². The molecule has 1 aromatic carbocycles. The average molecular weight is 297 g/mol. The lowest BCUT2D eigenvalue weighted by molar-refractivity contribution is 0.101. The third-order valence-corrected chi connectivity index (χ3v) is 3.29. The number of rotatable bonds is 4. The molecule has 7 heteroatoms. The van der Waals surface area contributed by atoms with E-state index < -0.39 is 0 Å². The van der Waals surface area contributed by atoms with Gasteiger partial charge in [-0.15, -0.1) is 0 Å². The van der Waals surface area contributed by atoms with Gasteiger partial charge in [0.05, 0.1) is 19.0 Å². The molecule has 0 fully saturated rings. The fraction of sp³-hybridized carbons (Fsp3) is 0.133. The van der Waals surface area contributed by atoms with Gasteiger partial charge in [-0.3, -0.25) is 10.1 Å². The number of imidazole rings is 2. The van der Waals surface area contributed by atoms with Gasteiger partial charge < -0.3 is 14.3 Å². The van der Waals surface area contributed by atoms with Crippen LogP contribution in [-0.4, -0.2) is 32.5 Å². The van der Waals surface area contributed by atoms with Crippen molar-refractivity contribution in [1.29, 1.82) is 0 Å². The summed E-state index contributed by atoms with van der Waals surface area (Å²) in [6.07, 6.45) is 4.82. The molecular formula is C15H15N5O2. The highest BCUT2D eigenvalue weighted by atomic mass is 16.5. The SMILES string of the molecule is COc1cccc(-c2cnc(NC(=O)c3ncc[nH]3)n2C)c1. The van der Waals surface area contributed by atoms with Gasteiger partial charge >= 0.3 is 0 Å². The number of amides is 1. The Bertz CT molecular complexity index is 792. The number of nitrogens with one attached hydrogen (secondary N) is 2. The Kier molecular flexibility index (Phi) is 3.61. The molecule has 22 heavy (non-hydrogen) atoms. The Hall–Kier alpha value is -3.09. The molecule has 0 spiro atoms. The van der Waals surface area contributed by atoms with Crippen LogP contribution >= 0.6 is 0 Å². The molecule has 2 heterocycles. The number of aromatic amines is 1. The van der Waals surface area contributed by atoms with Crippen molar-refractivity contribution < 1.29 is 9.53 Å². The minimum absolute atomic E-state index is 0.242. The van der Waals surface area contributed by atoms with E-state index >= 15 is 0 Å². The van der Waals surface area contributed by atoms with E-state index in [0.29, 0.717) is 5.95 Å². The number of anilines is 1. The second-order valence-corrected chi connectivity index (χ2v) is 4.65. The van der Waals surface area contributed by atoms with Gasteiger partial charge in [-0.25, -0.2) is 9.97 Å². The maximum atomic E-state index is 12.0. The quantitative estimate of drug-likeness (QED) is 0.772. The van der Waals surface area contributed by atoms with E-state index in [1.54, 1.807) is 24.1 Å². The van der Waals surface area contributed by atoms with Crippen LogP contribution in [-0.2, 0) is 7.05 Å². The summed E-state index contributed by atoms with van der Waals surface area (Å²) < 4.78 is 7.03. The minimum atomic E-state index is -0.337. The molecule has 0 saturated heterocycles. The lowest BCUT2D eigenvalue weighted by atomic mass is 10.1. The van der Waals surface area contributed by atoms with Crippen molar-refractivity contribution in [3.8, 4) is 17.0 Å². The summed E-state index contributed by atoms with van der Waals surface area (Å²) in [4.78, 5) is 22.9. The molecule has 0 aliphatic heterocycles. The van der Waals surface area contributed by atoms with Crippen LogP contribution in [0.25, 0.3) is 11.3 Å². The Morgan fingerprint density at radius 2 is 2.23 bits per heavy atom. The normalized spacial score (nSPS) is 10.5. The summed E-state index contributed by atoms with van der Waals surface area (Å²) in [6.45, 7) is 0. The van der Waals surface area contributed by atoms with E-state index in [9.17, 15) is 4.79 Å². The van der Waals surface area contributed by atoms with Crippen molar-refractivity contribution >= 4 is 11.9 Å². The van der Waals surface area contributed by atoms with Gasteiger partial charge in [0.15, 0.2) is 5.82 Å². The standard InChI is InChI=1S/C15H15N5O2/c1-20-12(10-4-3-5-11(8-10)22-2)9-18-15(20)19-14(21)13-16-6-7-17-13/h3-9H,1-2H3,(H,16,17)(H,18,19,21). The van der Waals surface area contributed by atoms with Gasteiger partial charge in [0, 0.05) is 25.0 Å². The minimum Gasteiger partial charge on any atom is -0.497 e. The van der Waals surface area contributed by atoms with Gasteiger partial charge in [0.2, 0.25) is 5.95 Å². The summed E-state index contributed by atoms with van der Waals surface area (Å²) in [5, 5.41) is 2.72. The molecule has 112 valence electrons. The monoisotopic (exact) mass is 297 g/mol. The first-order chi connectivity index (χ1) is 10.7. The molecule has 0 unspecified atom stereocenters. The van der Waals surface area contributed by atoms with Gasteiger partial charge in [0.25, 0.3) is 5.91 Å². The number of methoxy groups -OCH3 is 1. The molecule has 3 rings (SSSR count). The van der Waals surface area contributed by atoms with Crippen LogP contribution < -0.4 is 10.1 Å². The van der Waals surface area contributed by atoms with Crippen LogP contribution in [0.5, 0.6) is 5.75 Å². The zero-order chi connectivity index (χ0) is 15.5. The zero-order valence-electron chi connectivity index (χ0n) is 12.2. The summed E-state index contributed by atoms with van der Waals surface area (Å²) in [5.74, 6) is 1.11. The fourth-order valence-electron chi connectivity index (χ4n) is 2.13. The number of hydrogen-bond donors (Lipinski definition) is 2. The average Bonchev–Trinajstić information content (AvgIpc) is 3.18. The number of benzene rings is 1. The van der Waals surface area contributed by atoms with Crippen molar-refractivity contribution in [2.45, 2.75) is 0 Å². The number of ether oxygens (including phenoxy) is 1. The van der Waals surface area contributed by atoms with Crippen LogP contribution in [0.4, 0.5) is 5.95 Å². The number of carbonyl (C=O) groups is 1. The van der Waals surface area contributed by atoms with Crippen LogP contribution in [0.3, 0.4) is 0 Å². The molecule has 0 radical (unpaired) electrons. The number of hydrogen-bond acceptors (Lipinski definition) is 4. The van der Waals surface area contributed by atoms with E-state index in [4.69, 9.17) is 4.74 Å². The maximum Gasteiger partial charge on any atom is 0.293 e. The van der Waals surface area contributed by atoms with Crippen molar-refractivity contribution in [3.63, 3.8) is 0 Å². The van der Waals surface area contributed by atoms with Crippen molar-refractivity contribution in [2.24, 2.45) is 7.05 Å².